The van der Waals surface area contributed by atoms with Gasteiger partial charge in [-0.05, 0) is 25.2 Å². The fourth-order valence-corrected chi connectivity index (χ4v) is 2.69. The van der Waals surface area contributed by atoms with Crippen LogP contribution in [0.15, 0.2) is 12.3 Å². The van der Waals surface area contributed by atoms with Crippen molar-refractivity contribution in [2.45, 2.75) is 51.5 Å². The third-order valence-electron chi connectivity index (χ3n) is 3.76. The van der Waals surface area contributed by atoms with E-state index in [2.05, 4.69) is 15.3 Å². The van der Waals surface area contributed by atoms with E-state index in [0.717, 1.165) is 32.1 Å². The van der Waals surface area contributed by atoms with Crippen LogP contribution in [0.25, 0.3) is 0 Å². The van der Waals surface area contributed by atoms with Crippen molar-refractivity contribution < 1.29 is 14.6 Å². The lowest BCUT2D eigenvalue weighted by Gasteiger charge is -2.28. The number of anilines is 1. The van der Waals surface area contributed by atoms with Crippen LogP contribution in [0.3, 0.4) is 0 Å². The van der Waals surface area contributed by atoms with Crippen LogP contribution in [-0.2, 0) is 4.79 Å². The molecule has 0 aromatic carbocycles. The summed E-state index contributed by atoms with van der Waals surface area (Å²) in [6.07, 6.45) is 7.74. The van der Waals surface area contributed by atoms with Gasteiger partial charge in [-0.25, -0.2) is 9.78 Å². The average Bonchev–Trinajstić information content (AvgIpc) is 2.51. The number of carboxylic acid groups (broad SMARTS) is 1. The Morgan fingerprint density at radius 3 is 2.90 bits per heavy atom. The summed E-state index contributed by atoms with van der Waals surface area (Å²) in [6, 6.07) is 1.05. The molecule has 0 spiro atoms. The van der Waals surface area contributed by atoms with E-state index in [0.29, 0.717) is 18.4 Å². The number of carbonyl (C=O) groups is 1. The molecule has 21 heavy (non-hydrogen) atoms. The highest BCUT2D eigenvalue weighted by molar-refractivity contribution is 5.77. The van der Waals surface area contributed by atoms with Crippen LogP contribution in [0.2, 0.25) is 0 Å². The van der Waals surface area contributed by atoms with Crippen LogP contribution in [0, 0.1) is 5.92 Å². The molecule has 1 aromatic rings. The Labute approximate surface area is 124 Å². The summed E-state index contributed by atoms with van der Waals surface area (Å²) in [5, 5.41) is 12.4. The summed E-state index contributed by atoms with van der Waals surface area (Å²) in [4.78, 5) is 19.8. The van der Waals surface area contributed by atoms with Gasteiger partial charge in [0.1, 0.15) is 6.04 Å². The van der Waals surface area contributed by atoms with Crippen molar-refractivity contribution in [3.63, 3.8) is 0 Å². The first-order valence-corrected chi connectivity index (χ1v) is 7.66. The largest absolute Gasteiger partial charge is 0.480 e. The minimum Gasteiger partial charge on any atom is -0.480 e. The summed E-state index contributed by atoms with van der Waals surface area (Å²) in [7, 11) is 0. The number of hydrogen-bond acceptors (Lipinski definition) is 5. The number of aliphatic carboxylic acids is 1. The first-order valence-electron chi connectivity index (χ1n) is 7.66. The Hall–Kier alpha value is -1.85. The van der Waals surface area contributed by atoms with Gasteiger partial charge >= 0.3 is 5.97 Å². The normalized spacial score (nSPS) is 17.2. The second-order valence-corrected chi connectivity index (χ2v) is 5.43. The Morgan fingerprint density at radius 2 is 2.24 bits per heavy atom. The highest BCUT2D eigenvalue weighted by atomic mass is 16.5. The standard InChI is InChI=1S/C15H23N3O3/c1-2-10-21-12-8-9-16-15(17-12)18-13(14(19)20)11-6-4-3-5-7-11/h8-9,11,13H,2-7,10H2,1H3,(H,19,20)(H,16,17,18). The van der Waals surface area contributed by atoms with E-state index in [9.17, 15) is 9.90 Å². The second kappa shape index (κ2) is 7.81. The number of carboxylic acids is 1. The lowest BCUT2D eigenvalue weighted by Crippen LogP contribution is -2.38. The quantitative estimate of drug-likeness (QED) is 0.804. The highest BCUT2D eigenvalue weighted by Gasteiger charge is 2.29. The molecule has 1 atom stereocenters. The molecule has 1 aliphatic carbocycles. The minimum absolute atomic E-state index is 0.139. The van der Waals surface area contributed by atoms with Crippen LogP contribution >= 0.6 is 0 Å². The Morgan fingerprint density at radius 1 is 1.48 bits per heavy atom. The Balaban J connectivity index is 2.03. The first kappa shape index (κ1) is 15.5. The zero-order valence-electron chi connectivity index (χ0n) is 12.4. The second-order valence-electron chi connectivity index (χ2n) is 5.43. The topological polar surface area (TPSA) is 84.3 Å². The van der Waals surface area contributed by atoms with Gasteiger partial charge in [-0.1, -0.05) is 26.2 Å². The summed E-state index contributed by atoms with van der Waals surface area (Å²) < 4.78 is 5.44. The van der Waals surface area contributed by atoms with Gasteiger partial charge in [-0.15, -0.1) is 0 Å². The maximum absolute atomic E-state index is 11.5. The molecule has 1 fully saturated rings. The lowest BCUT2D eigenvalue weighted by atomic mass is 9.84. The van der Waals surface area contributed by atoms with Gasteiger partial charge in [-0.3, -0.25) is 0 Å². The molecule has 0 saturated heterocycles. The minimum atomic E-state index is -0.842. The van der Waals surface area contributed by atoms with Crippen molar-refractivity contribution in [1.82, 2.24) is 9.97 Å². The maximum atomic E-state index is 11.5. The monoisotopic (exact) mass is 293 g/mol. The number of rotatable bonds is 7. The van der Waals surface area contributed by atoms with Gasteiger partial charge in [0.2, 0.25) is 11.8 Å². The van der Waals surface area contributed by atoms with Crippen molar-refractivity contribution in [2.24, 2.45) is 5.92 Å². The van der Waals surface area contributed by atoms with Crippen molar-refractivity contribution >= 4 is 11.9 Å². The predicted molar refractivity (Wildman–Crippen MR) is 79.4 cm³/mol. The number of ether oxygens (including phenoxy) is 1. The van der Waals surface area contributed by atoms with Gasteiger partial charge in [0.25, 0.3) is 0 Å². The SMILES string of the molecule is CCCOc1ccnc(NC(C(=O)O)C2CCCCC2)n1. The van der Waals surface area contributed by atoms with Crippen LogP contribution in [-0.4, -0.2) is 33.7 Å². The summed E-state index contributed by atoms with van der Waals surface area (Å²) >= 11 is 0. The molecule has 6 heteroatoms. The molecule has 2 rings (SSSR count). The van der Waals surface area contributed by atoms with Crippen molar-refractivity contribution in [3.05, 3.63) is 12.3 Å². The number of aromatic nitrogens is 2. The molecule has 116 valence electrons. The maximum Gasteiger partial charge on any atom is 0.326 e. The molecule has 0 amide bonds. The number of hydrogen-bond donors (Lipinski definition) is 2. The highest BCUT2D eigenvalue weighted by Crippen LogP contribution is 2.28. The van der Waals surface area contributed by atoms with Crippen LogP contribution in [0.1, 0.15) is 45.4 Å². The van der Waals surface area contributed by atoms with Crippen LogP contribution in [0.4, 0.5) is 5.95 Å². The van der Waals surface area contributed by atoms with Gasteiger partial charge in [-0.2, -0.15) is 4.98 Å². The molecule has 1 heterocycles. The van der Waals surface area contributed by atoms with Crippen LogP contribution < -0.4 is 10.1 Å². The predicted octanol–water partition coefficient (Wildman–Crippen LogP) is 2.71. The first-order chi connectivity index (χ1) is 10.2. The summed E-state index contributed by atoms with van der Waals surface area (Å²) in [5.74, 6) is 0.0918. The Bertz CT molecular complexity index is 461. The third-order valence-corrected chi connectivity index (χ3v) is 3.76. The van der Waals surface area contributed by atoms with E-state index in [1.165, 1.54) is 6.42 Å². The molecule has 2 N–H and O–H groups in total. The zero-order valence-corrected chi connectivity index (χ0v) is 12.4. The molecule has 1 saturated carbocycles. The smallest absolute Gasteiger partial charge is 0.326 e. The summed E-state index contributed by atoms with van der Waals surface area (Å²) in [5.41, 5.74) is 0. The van der Waals surface area contributed by atoms with Crippen molar-refractivity contribution in [3.8, 4) is 5.88 Å². The molecule has 0 bridgehead atoms. The molecule has 6 nitrogen and oxygen atoms in total. The molecule has 0 aliphatic heterocycles. The molecule has 1 aliphatic rings. The average molecular weight is 293 g/mol. The van der Waals surface area contributed by atoms with Crippen LogP contribution in [0.5, 0.6) is 5.88 Å². The van der Waals surface area contributed by atoms with E-state index in [-0.39, 0.29) is 5.92 Å². The number of nitrogens with one attached hydrogen (secondary N) is 1. The molecular formula is C15H23N3O3. The molecule has 0 radical (unpaired) electrons. The van der Waals surface area contributed by atoms with Gasteiger partial charge in [0.05, 0.1) is 6.61 Å². The molecule has 1 aromatic heterocycles. The van der Waals surface area contributed by atoms with Crippen molar-refractivity contribution in [1.29, 1.82) is 0 Å². The van der Waals surface area contributed by atoms with E-state index in [4.69, 9.17) is 4.74 Å². The fourth-order valence-electron chi connectivity index (χ4n) is 2.69. The molecule has 1 unspecified atom stereocenters. The number of nitrogens with zero attached hydrogens (tertiary/aromatic N) is 2. The fraction of sp³-hybridized carbons (Fsp3) is 0.667. The van der Waals surface area contributed by atoms with E-state index in [1.54, 1.807) is 12.3 Å². The summed E-state index contributed by atoms with van der Waals surface area (Å²) in [6.45, 7) is 2.60. The lowest BCUT2D eigenvalue weighted by molar-refractivity contribution is -0.139. The van der Waals surface area contributed by atoms with Gasteiger partial charge in [0, 0.05) is 12.3 Å². The molecular weight excluding hydrogens is 270 g/mol. The Kier molecular flexibility index (Phi) is 5.78. The van der Waals surface area contributed by atoms with E-state index < -0.39 is 12.0 Å². The van der Waals surface area contributed by atoms with E-state index in [1.807, 2.05) is 6.92 Å². The third kappa shape index (κ3) is 4.58. The zero-order chi connectivity index (χ0) is 15.1. The van der Waals surface area contributed by atoms with Gasteiger partial charge in [0.15, 0.2) is 0 Å². The van der Waals surface area contributed by atoms with Crippen molar-refractivity contribution in [2.75, 3.05) is 11.9 Å². The van der Waals surface area contributed by atoms with Gasteiger partial charge < -0.3 is 15.2 Å². The van der Waals surface area contributed by atoms with E-state index >= 15 is 0 Å².